The van der Waals surface area contributed by atoms with Crippen molar-refractivity contribution in [2.24, 2.45) is 0 Å². The van der Waals surface area contributed by atoms with Gasteiger partial charge in [-0.2, -0.15) is 0 Å². The van der Waals surface area contributed by atoms with Crippen molar-refractivity contribution in [3.63, 3.8) is 0 Å². The number of benzene rings is 2. The average molecular weight is 264 g/mol. The summed E-state index contributed by atoms with van der Waals surface area (Å²) in [4.78, 5) is 0. The van der Waals surface area contributed by atoms with Gasteiger partial charge in [0.25, 0.3) is 0 Å². The molecule has 0 bridgehead atoms. The van der Waals surface area contributed by atoms with E-state index in [1.165, 1.54) is 12.1 Å². The van der Waals surface area contributed by atoms with Gasteiger partial charge in [-0.1, -0.05) is 12.1 Å². The lowest BCUT2D eigenvalue weighted by molar-refractivity contribution is 0.233. The molecule has 0 atom stereocenters. The fourth-order valence-electron chi connectivity index (χ4n) is 1.72. The van der Waals surface area contributed by atoms with Crippen LogP contribution < -0.4 is 4.74 Å². The van der Waals surface area contributed by atoms with Crippen LogP contribution in [0.4, 0.5) is 8.78 Å². The standard InChI is InChI=1S/C15H14F2O2/c16-13-8-12(9-14(17)10-13)11-2-4-15(5-3-11)19-7-1-6-18/h2-5,8-10,18H,1,6-7H2. The average Bonchev–Trinajstić information content (AvgIpc) is 2.39. The minimum atomic E-state index is -0.599. The van der Waals surface area contributed by atoms with Gasteiger partial charge in [-0.3, -0.25) is 0 Å². The van der Waals surface area contributed by atoms with E-state index in [-0.39, 0.29) is 6.61 Å². The molecule has 0 aliphatic heterocycles. The molecule has 0 fully saturated rings. The van der Waals surface area contributed by atoms with Gasteiger partial charge >= 0.3 is 0 Å². The van der Waals surface area contributed by atoms with Crippen LogP contribution in [0.25, 0.3) is 11.1 Å². The number of hydrogen-bond donors (Lipinski definition) is 1. The Bertz CT molecular complexity index is 518. The summed E-state index contributed by atoms with van der Waals surface area (Å²) < 4.78 is 31.6. The van der Waals surface area contributed by atoms with E-state index in [2.05, 4.69) is 0 Å². The van der Waals surface area contributed by atoms with Crippen LogP contribution in [0.3, 0.4) is 0 Å². The maximum Gasteiger partial charge on any atom is 0.126 e. The first kappa shape index (κ1) is 13.5. The maximum atomic E-state index is 13.1. The third kappa shape index (κ3) is 3.76. The van der Waals surface area contributed by atoms with Gasteiger partial charge in [0.15, 0.2) is 0 Å². The summed E-state index contributed by atoms with van der Waals surface area (Å²) in [5.74, 6) is -0.536. The fourth-order valence-corrected chi connectivity index (χ4v) is 1.72. The van der Waals surface area contributed by atoms with Gasteiger partial charge in [-0.05, 0) is 35.4 Å². The molecule has 100 valence electrons. The van der Waals surface area contributed by atoms with Gasteiger partial charge in [0, 0.05) is 19.1 Å². The van der Waals surface area contributed by atoms with E-state index in [0.29, 0.717) is 29.9 Å². The smallest absolute Gasteiger partial charge is 0.126 e. The molecular weight excluding hydrogens is 250 g/mol. The van der Waals surface area contributed by atoms with Gasteiger partial charge in [-0.25, -0.2) is 8.78 Å². The molecule has 0 spiro atoms. The Balaban J connectivity index is 2.13. The van der Waals surface area contributed by atoms with E-state index in [1.54, 1.807) is 24.3 Å². The van der Waals surface area contributed by atoms with E-state index in [0.717, 1.165) is 6.07 Å². The highest BCUT2D eigenvalue weighted by atomic mass is 19.1. The summed E-state index contributed by atoms with van der Waals surface area (Å²) in [6.45, 7) is 0.519. The normalized spacial score (nSPS) is 10.5. The molecular formula is C15H14F2O2. The molecule has 2 nitrogen and oxygen atoms in total. The Hall–Kier alpha value is -1.94. The van der Waals surface area contributed by atoms with Gasteiger partial charge in [-0.15, -0.1) is 0 Å². The van der Waals surface area contributed by atoms with Crippen LogP contribution in [0, 0.1) is 11.6 Å². The van der Waals surface area contributed by atoms with Crippen LogP contribution >= 0.6 is 0 Å². The van der Waals surface area contributed by atoms with Crippen molar-refractivity contribution in [2.45, 2.75) is 6.42 Å². The highest BCUT2D eigenvalue weighted by Gasteiger charge is 2.03. The minimum absolute atomic E-state index is 0.0840. The van der Waals surface area contributed by atoms with Crippen molar-refractivity contribution in [3.05, 3.63) is 54.1 Å². The molecule has 0 unspecified atom stereocenters. The molecule has 2 aromatic rings. The lowest BCUT2D eigenvalue weighted by Gasteiger charge is -2.07. The van der Waals surface area contributed by atoms with Gasteiger partial charge in [0.05, 0.1) is 6.61 Å². The van der Waals surface area contributed by atoms with E-state index in [4.69, 9.17) is 9.84 Å². The molecule has 0 aromatic heterocycles. The fraction of sp³-hybridized carbons (Fsp3) is 0.200. The number of aliphatic hydroxyl groups excluding tert-OH is 1. The molecule has 0 aliphatic carbocycles. The Kier molecular flexibility index (Phi) is 4.47. The molecule has 0 radical (unpaired) electrons. The molecule has 4 heteroatoms. The number of aliphatic hydroxyl groups is 1. The predicted molar refractivity (Wildman–Crippen MR) is 69.0 cm³/mol. The van der Waals surface area contributed by atoms with Crippen molar-refractivity contribution in [2.75, 3.05) is 13.2 Å². The van der Waals surface area contributed by atoms with E-state index in [9.17, 15) is 8.78 Å². The topological polar surface area (TPSA) is 29.5 Å². The first-order valence-electron chi connectivity index (χ1n) is 5.99. The summed E-state index contributed by atoms with van der Waals surface area (Å²) in [6, 6.07) is 10.3. The Morgan fingerprint density at radius 1 is 0.895 bits per heavy atom. The number of rotatable bonds is 5. The number of halogens is 2. The zero-order valence-corrected chi connectivity index (χ0v) is 10.3. The Morgan fingerprint density at radius 3 is 2.11 bits per heavy atom. The zero-order chi connectivity index (χ0) is 13.7. The molecule has 0 aliphatic rings. The monoisotopic (exact) mass is 264 g/mol. The number of ether oxygens (including phenoxy) is 1. The minimum Gasteiger partial charge on any atom is -0.494 e. The second-order valence-electron chi connectivity index (χ2n) is 4.11. The summed E-state index contributed by atoms with van der Waals surface area (Å²) in [5.41, 5.74) is 1.20. The quantitative estimate of drug-likeness (QED) is 0.839. The molecule has 0 saturated carbocycles. The third-order valence-electron chi connectivity index (χ3n) is 2.62. The van der Waals surface area contributed by atoms with Crippen molar-refractivity contribution in [3.8, 4) is 16.9 Å². The zero-order valence-electron chi connectivity index (χ0n) is 10.3. The highest BCUT2D eigenvalue weighted by molar-refractivity contribution is 5.64. The van der Waals surface area contributed by atoms with Gasteiger partial charge < -0.3 is 9.84 Å². The van der Waals surface area contributed by atoms with Gasteiger partial charge in [0.1, 0.15) is 17.4 Å². The predicted octanol–water partition coefficient (Wildman–Crippen LogP) is 3.39. The van der Waals surface area contributed by atoms with Crippen LogP contribution in [0.15, 0.2) is 42.5 Å². The Morgan fingerprint density at radius 2 is 1.53 bits per heavy atom. The molecule has 0 saturated heterocycles. The van der Waals surface area contributed by atoms with Crippen LogP contribution in [0.2, 0.25) is 0 Å². The van der Waals surface area contributed by atoms with Crippen molar-refractivity contribution in [1.29, 1.82) is 0 Å². The molecule has 2 aromatic carbocycles. The van der Waals surface area contributed by atoms with Crippen molar-refractivity contribution < 1.29 is 18.6 Å². The van der Waals surface area contributed by atoms with Crippen molar-refractivity contribution in [1.82, 2.24) is 0 Å². The van der Waals surface area contributed by atoms with E-state index in [1.807, 2.05) is 0 Å². The molecule has 0 heterocycles. The Labute approximate surface area is 110 Å². The van der Waals surface area contributed by atoms with Gasteiger partial charge in [0.2, 0.25) is 0 Å². The first-order chi connectivity index (χ1) is 9.19. The van der Waals surface area contributed by atoms with Crippen LogP contribution in [0.5, 0.6) is 5.75 Å². The summed E-state index contributed by atoms with van der Waals surface area (Å²) in [7, 11) is 0. The second kappa shape index (κ2) is 6.29. The lowest BCUT2D eigenvalue weighted by atomic mass is 10.1. The summed E-state index contributed by atoms with van der Waals surface area (Å²) in [6.07, 6.45) is 0.566. The third-order valence-corrected chi connectivity index (χ3v) is 2.62. The van der Waals surface area contributed by atoms with Crippen LogP contribution in [0.1, 0.15) is 6.42 Å². The molecule has 19 heavy (non-hydrogen) atoms. The summed E-state index contributed by atoms with van der Waals surface area (Å²) >= 11 is 0. The van der Waals surface area contributed by atoms with Crippen LogP contribution in [-0.2, 0) is 0 Å². The highest BCUT2D eigenvalue weighted by Crippen LogP contribution is 2.24. The van der Waals surface area contributed by atoms with Crippen molar-refractivity contribution >= 4 is 0 Å². The lowest BCUT2D eigenvalue weighted by Crippen LogP contribution is -1.99. The SMILES string of the molecule is OCCCOc1ccc(-c2cc(F)cc(F)c2)cc1. The first-order valence-corrected chi connectivity index (χ1v) is 5.99. The second-order valence-corrected chi connectivity index (χ2v) is 4.11. The summed E-state index contributed by atoms with van der Waals surface area (Å²) in [5, 5.41) is 8.64. The van der Waals surface area contributed by atoms with Crippen LogP contribution in [-0.4, -0.2) is 18.3 Å². The molecule has 2 rings (SSSR count). The maximum absolute atomic E-state index is 13.1. The van der Waals surface area contributed by atoms with E-state index < -0.39 is 11.6 Å². The van der Waals surface area contributed by atoms with E-state index >= 15 is 0 Å². The molecule has 1 N–H and O–H groups in total. The molecule has 0 amide bonds. The number of hydrogen-bond acceptors (Lipinski definition) is 2. The largest absolute Gasteiger partial charge is 0.494 e.